The van der Waals surface area contributed by atoms with Crippen LogP contribution >= 0.6 is 11.6 Å². The zero-order valence-corrected chi connectivity index (χ0v) is 24.6. The van der Waals surface area contributed by atoms with Crippen molar-refractivity contribution in [1.82, 2.24) is 15.5 Å². The third kappa shape index (κ3) is 9.48. The molecule has 1 aliphatic heterocycles. The molecule has 0 saturated heterocycles. The van der Waals surface area contributed by atoms with E-state index in [-0.39, 0.29) is 31.3 Å². The van der Waals surface area contributed by atoms with Crippen molar-refractivity contribution in [2.24, 2.45) is 5.92 Å². The van der Waals surface area contributed by atoms with Gasteiger partial charge in [0.05, 0.1) is 0 Å². The van der Waals surface area contributed by atoms with Crippen LogP contribution in [-0.2, 0) is 38.6 Å². The summed E-state index contributed by atoms with van der Waals surface area (Å²) in [6, 6.07) is 12.8. The molecule has 2 aromatic rings. The highest BCUT2D eigenvalue weighted by atomic mass is 35.5. The van der Waals surface area contributed by atoms with Crippen molar-refractivity contribution >= 4 is 35.5 Å². The van der Waals surface area contributed by atoms with Crippen LogP contribution in [0.4, 0.5) is 4.79 Å². The SMILES string of the molecule is O=C(N[C@@H](CC1CCCCC1)C(=O)N[C@@H](CCC(=O)N1CCc2ccccc2CC1)C(=O)O)OCc1cccc(Cl)c1. The monoisotopic (exact) mass is 597 g/mol. The van der Waals surface area contributed by atoms with E-state index >= 15 is 0 Å². The lowest BCUT2D eigenvalue weighted by Gasteiger charge is -2.27. The summed E-state index contributed by atoms with van der Waals surface area (Å²) in [5.41, 5.74) is 3.16. The summed E-state index contributed by atoms with van der Waals surface area (Å²) in [7, 11) is 0. The summed E-state index contributed by atoms with van der Waals surface area (Å²) in [5, 5.41) is 15.6. The van der Waals surface area contributed by atoms with Crippen LogP contribution in [0, 0.1) is 5.92 Å². The van der Waals surface area contributed by atoms with E-state index in [2.05, 4.69) is 22.8 Å². The van der Waals surface area contributed by atoms with Gasteiger partial charge in [0, 0.05) is 24.5 Å². The number of carbonyl (C=O) groups excluding carboxylic acids is 3. The van der Waals surface area contributed by atoms with Gasteiger partial charge in [-0.2, -0.15) is 0 Å². The summed E-state index contributed by atoms with van der Waals surface area (Å²) in [5.74, 6) is -1.71. The number of hydrogen-bond acceptors (Lipinski definition) is 5. The second kappa shape index (κ2) is 15.6. The van der Waals surface area contributed by atoms with E-state index in [1.54, 1.807) is 29.2 Å². The number of carbonyl (C=O) groups is 4. The molecule has 42 heavy (non-hydrogen) atoms. The van der Waals surface area contributed by atoms with Gasteiger partial charge < -0.3 is 25.4 Å². The number of carboxylic acids is 1. The Labute approximate surface area is 251 Å². The number of benzene rings is 2. The van der Waals surface area contributed by atoms with Gasteiger partial charge in [-0.3, -0.25) is 9.59 Å². The molecule has 0 bridgehead atoms. The summed E-state index contributed by atoms with van der Waals surface area (Å²) < 4.78 is 5.33. The standard InChI is InChI=1S/C32H40ClN3O6/c33-26-12-6-9-23(19-26)21-42-32(41)35-28(20-22-7-2-1-3-8-22)30(38)34-27(31(39)40)13-14-29(37)36-17-15-24-10-4-5-11-25(24)16-18-36/h4-6,9-12,19,22,27-28H,1-3,7-8,13-18,20-21H2,(H,34,38)(H,35,41)(H,39,40)/t27-,28-/m0/s1. The fourth-order valence-corrected chi connectivity index (χ4v) is 6.03. The molecule has 0 unspecified atom stereocenters. The Bertz CT molecular complexity index is 1220. The van der Waals surface area contributed by atoms with E-state index in [9.17, 15) is 24.3 Å². The van der Waals surface area contributed by atoms with Gasteiger partial charge in [-0.05, 0) is 60.4 Å². The Morgan fingerprint density at radius 3 is 2.26 bits per heavy atom. The number of carboxylic acid groups (broad SMARTS) is 1. The average Bonchev–Trinajstić information content (AvgIpc) is 3.21. The molecule has 226 valence electrons. The van der Waals surface area contributed by atoms with Crippen LogP contribution in [0.2, 0.25) is 5.02 Å². The maximum Gasteiger partial charge on any atom is 0.408 e. The quantitative estimate of drug-likeness (QED) is 0.339. The maximum absolute atomic E-state index is 13.3. The van der Waals surface area contributed by atoms with Gasteiger partial charge in [0.2, 0.25) is 11.8 Å². The molecule has 2 atom stereocenters. The molecule has 1 heterocycles. The van der Waals surface area contributed by atoms with Crippen LogP contribution in [0.5, 0.6) is 0 Å². The minimum absolute atomic E-state index is 0.00398. The van der Waals surface area contributed by atoms with E-state index in [4.69, 9.17) is 16.3 Å². The first-order valence-electron chi connectivity index (χ1n) is 14.8. The molecule has 1 fully saturated rings. The number of rotatable bonds is 11. The number of halogens is 1. The topological polar surface area (TPSA) is 125 Å². The molecular formula is C32H40ClN3O6. The highest BCUT2D eigenvalue weighted by Crippen LogP contribution is 2.27. The first-order valence-corrected chi connectivity index (χ1v) is 15.2. The fourth-order valence-electron chi connectivity index (χ4n) is 5.82. The van der Waals surface area contributed by atoms with Gasteiger partial charge in [0.25, 0.3) is 0 Å². The van der Waals surface area contributed by atoms with Crippen LogP contribution in [0.1, 0.15) is 68.1 Å². The molecule has 2 aromatic carbocycles. The summed E-state index contributed by atoms with van der Waals surface area (Å²) in [6.45, 7) is 1.13. The average molecular weight is 598 g/mol. The summed E-state index contributed by atoms with van der Waals surface area (Å²) >= 11 is 6.00. The van der Waals surface area contributed by atoms with Crippen molar-refractivity contribution in [3.8, 4) is 0 Å². The molecule has 3 N–H and O–H groups in total. The molecule has 1 saturated carbocycles. The van der Waals surface area contributed by atoms with E-state index in [0.717, 1.165) is 44.9 Å². The number of alkyl carbamates (subject to hydrolysis) is 1. The first kappa shape index (κ1) is 31.3. The minimum atomic E-state index is -1.26. The minimum Gasteiger partial charge on any atom is -0.480 e. The smallest absolute Gasteiger partial charge is 0.408 e. The van der Waals surface area contributed by atoms with Crippen LogP contribution in [-0.4, -0.2) is 59.1 Å². The van der Waals surface area contributed by atoms with Crippen LogP contribution in [0.25, 0.3) is 0 Å². The Morgan fingerprint density at radius 1 is 0.929 bits per heavy atom. The second-order valence-corrected chi connectivity index (χ2v) is 11.7. The van der Waals surface area contributed by atoms with Crippen LogP contribution in [0.15, 0.2) is 48.5 Å². The van der Waals surface area contributed by atoms with Crippen LogP contribution < -0.4 is 10.6 Å². The molecule has 0 radical (unpaired) electrons. The van der Waals surface area contributed by atoms with Gasteiger partial charge in [0.15, 0.2) is 0 Å². The second-order valence-electron chi connectivity index (χ2n) is 11.2. The van der Waals surface area contributed by atoms with E-state index in [1.165, 1.54) is 11.1 Å². The predicted octanol–water partition coefficient (Wildman–Crippen LogP) is 4.88. The molecule has 2 aliphatic rings. The van der Waals surface area contributed by atoms with Gasteiger partial charge in [-0.15, -0.1) is 0 Å². The van der Waals surface area contributed by atoms with Crippen molar-refractivity contribution in [3.05, 3.63) is 70.2 Å². The number of hydrogen-bond donors (Lipinski definition) is 3. The number of fused-ring (bicyclic) bond motifs is 1. The highest BCUT2D eigenvalue weighted by Gasteiger charge is 2.30. The lowest BCUT2D eigenvalue weighted by molar-refractivity contribution is -0.142. The van der Waals surface area contributed by atoms with Gasteiger partial charge in [-0.25, -0.2) is 9.59 Å². The van der Waals surface area contributed by atoms with Crippen molar-refractivity contribution in [1.29, 1.82) is 0 Å². The van der Waals surface area contributed by atoms with Crippen molar-refractivity contribution in [2.75, 3.05) is 13.1 Å². The maximum atomic E-state index is 13.3. The zero-order chi connectivity index (χ0) is 29.9. The van der Waals surface area contributed by atoms with Gasteiger partial charge in [-0.1, -0.05) is 80.1 Å². The van der Waals surface area contributed by atoms with E-state index < -0.39 is 30.1 Å². The highest BCUT2D eigenvalue weighted by molar-refractivity contribution is 6.30. The summed E-state index contributed by atoms with van der Waals surface area (Å²) in [4.78, 5) is 52.9. The molecule has 0 aromatic heterocycles. The lowest BCUT2D eigenvalue weighted by atomic mass is 9.84. The Balaban J connectivity index is 1.33. The van der Waals surface area contributed by atoms with Crippen LogP contribution in [0.3, 0.4) is 0 Å². The van der Waals surface area contributed by atoms with Crippen molar-refractivity contribution < 1.29 is 29.0 Å². The zero-order valence-electron chi connectivity index (χ0n) is 23.9. The van der Waals surface area contributed by atoms with Gasteiger partial charge >= 0.3 is 12.1 Å². The number of nitrogens with one attached hydrogen (secondary N) is 2. The first-order chi connectivity index (χ1) is 20.3. The van der Waals surface area contributed by atoms with Crippen molar-refractivity contribution in [3.63, 3.8) is 0 Å². The third-order valence-electron chi connectivity index (χ3n) is 8.20. The molecule has 0 spiro atoms. The Kier molecular flexibility index (Phi) is 11.6. The molecule has 10 heteroatoms. The number of nitrogens with zero attached hydrogens (tertiary/aromatic N) is 1. The fraction of sp³-hybridized carbons (Fsp3) is 0.500. The predicted molar refractivity (Wildman–Crippen MR) is 159 cm³/mol. The number of aliphatic carboxylic acids is 1. The molecule has 9 nitrogen and oxygen atoms in total. The lowest BCUT2D eigenvalue weighted by Crippen LogP contribution is -2.52. The largest absolute Gasteiger partial charge is 0.480 e. The molecule has 4 rings (SSSR count). The molecular weight excluding hydrogens is 558 g/mol. The number of amides is 3. The Morgan fingerprint density at radius 2 is 1.62 bits per heavy atom. The third-order valence-corrected chi connectivity index (χ3v) is 8.43. The van der Waals surface area contributed by atoms with E-state index in [0.29, 0.717) is 30.1 Å². The molecule has 1 aliphatic carbocycles. The number of ether oxygens (including phenoxy) is 1. The Hall–Kier alpha value is -3.59. The molecule has 3 amide bonds. The normalized spacial score (nSPS) is 16.8. The van der Waals surface area contributed by atoms with Gasteiger partial charge in [0.1, 0.15) is 18.7 Å². The van der Waals surface area contributed by atoms with E-state index in [1.807, 2.05) is 12.1 Å². The van der Waals surface area contributed by atoms with Crippen molar-refractivity contribution in [2.45, 2.75) is 82.9 Å². The summed E-state index contributed by atoms with van der Waals surface area (Å²) in [6.07, 6.45) is 6.22.